The molecule has 4 rings (SSSR count). The Balaban J connectivity index is 1.67. The van der Waals surface area contributed by atoms with E-state index in [9.17, 15) is 8.78 Å². The van der Waals surface area contributed by atoms with E-state index in [0.717, 1.165) is 22.2 Å². The van der Waals surface area contributed by atoms with Crippen molar-refractivity contribution in [2.45, 2.75) is 11.4 Å². The molecule has 0 saturated carbocycles. The number of halogens is 4. The third-order valence-electron chi connectivity index (χ3n) is 3.95. The van der Waals surface area contributed by atoms with Crippen molar-refractivity contribution in [3.05, 3.63) is 47.5 Å². The number of anilines is 1. The van der Waals surface area contributed by atoms with Crippen molar-refractivity contribution in [2.75, 3.05) is 4.72 Å². The smallest absolute Gasteiger partial charge is 0.336 e. The highest BCUT2D eigenvalue weighted by molar-refractivity contribution is 8.00. The van der Waals surface area contributed by atoms with Crippen LogP contribution in [0.15, 0.2) is 41.7 Å². The van der Waals surface area contributed by atoms with Gasteiger partial charge >= 0.3 is 6.55 Å². The van der Waals surface area contributed by atoms with E-state index in [-0.39, 0.29) is 17.3 Å². The Morgan fingerprint density at radius 2 is 2.17 bits per heavy atom. The Labute approximate surface area is 176 Å². The van der Waals surface area contributed by atoms with Crippen LogP contribution in [0.5, 0.6) is 5.88 Å². The number of nitrogens with one attached hydrogen (secondary N) is 2. The molecule has 148 valence electrons. The third kappa shape index (κ3) is 3.46. The zero-order valence-electron chi connectivity index (χ0n) is 14.1. The number of nitrogens with zero attached hydrogens (tertiary/aromatic N) is 5. The lowest BCUT2D eigenvalue weighted by Crippen LogP contribution is -2.01. The minimum Gasteiger partial charge on any atom is -0.363 e. The van der Waals surface area contributed by atoms with E-state index in [2.05, 4.69) is 24.2 Å². The molecule has 13 heteroatoms. The van der Waals surface area contributed by atoms with Gasteiger partial charge in [-0.25, -0.2) is 4.68 Å². The van der Waals surface area contributed by atoms with Crippen molar-refractivity contribution in [1.82, 2.24) is 24.5 Å². The number of hydrogen-bond donors (Lipinski definition) is 2. The maximum Gasteiger partial charge on any atom is 0.336 e. The van der Waals surface area contributed by atoms with Crippen LogP contribution in [0.4, 0.5) is 14.5 Å². The quantitative estimate of drug-likeness (QED) is 0.391. The normalized spacial score (nSPS) is 11.2. The van der Waals surface area contributed by atoms with Crippen LogP contribution in [0.2, 0.25) is 5.02 Å². The molecule has 0 aliphatic carbocycles. The molecule has 0 spiro atoms. The summed E-state index contributed by atoms with van der Waals surface area (Å²) in [6.45, 7) is -2.89. The summed E-state index contributed by atoms with van der Waals surface area (Å²) < 4.78 is 35.1. The molecule has 0 atom stereocenters. The van der Waals surface area contributed by atoms with Crippen LogP contribution in [0.3, 0.4) is 0 Å². The number of hydrogen-bond acceptors (Lipinski definition) is 6. The molecule has 4 aromatic rings. The van der Waals surface area contributed by atoms with Crippen LogP contribution >= 0.6 is 35.4 Å². The minimum atomic E-state index is -2.89. The van der Waals surface area contributed by atoms with Gasteiger partial charge in [0.05, 0.1) is 21.6 Å². The first-order valence-corrected chi connectivity index (χ1v) is 9.36. The highest BCUT2D eigenvalue weighted by Gasteiger charge is 2.20. The predicted molar refractivity (Wildman–Crippen MR) is 105 cm³/mol. The molecule has 29 heavy (non-hydrogen) atoms. The van der Waals surface area contributed by atoms with Gasteiger partial charge < -0.3 is 14.0 Å². The summed E-state index contributed by atoms with van der Waals surface area (Å²) in [5, 5.41) is 17.9. The summed E-state index contributed by atoms with van der Waals surface area (Å²) in [7, 11) is 0. The van der Waals surface area contributed by atoms with Crippen molar-refractivity contribution in [3.63, 3.8) is 0 Å². The molecule has 0 aliphatic heterocycles. The van der Waals surface area contributed by atoms with Gasteiger partial charge in [-0.2, -0.15) is 28.9 Å². The predicted octanol–water partition coefficient (Wildman–Crippen LogP) is 5.12. The average molecular weight is 456 g/mol. The van der Waals surface area contributed by atoms with Gasteiger partial charge in [0.1, 0.15) is 29.3 Å². The van der Waals surface area contributed by atoms with Crippen molar-refractivity contribution in [1.29, 1.82) is 5.26 Å². The molecule has 8 nitrogen and oxygen atoms in total. The van der Waals surface area contributed by atoms with Gasteiger partial charge in [0, 0.05) is 17.8 Å². The van der Waals surface area contributed by atoms with Crippen LogP contribution < -0.4 is 9.01 Å². The zero-order valence-corrected chi connectivity index (χ0v) is 16.4. The number of fused-ring (bicyclic) bond motifs is 1. The van der Waals surface area contributed by atoms with Gasteiger partial charge in [-0.3, -0.25) is 0 Å². The molecule has 0 saturated heterocycles. The standard InChI is InChI=1S/C16H9Cl2F2N7OS/c17-10-2-1-9-12(29-25-11-6-23-27(16(19)20)15(11)28-18)7-22-13(9)14(10)26-4-3-8(5-21)24-26/h1-4,6-7,16,22,25H. The van der Waals surface area contributed by atoms with Crippen molar-refractivity contribution < 1.29 is 13.1 Å². The number of benzene rings is 1. The number of aromatic amines is 1. The van der Waals surface area contributed by atoms with Gasteiger partial charge in [0.15, 0.2) is 5.69 Å². The first-order chi connectivity index (χ1) is 14.0. The molecular weight excluding hydrogens is 447 g/mol. The topological polar surface area (TPSA) is 96.5 Å². The maximum atomic E-state index is 12.9. The van der Waals surface area contributed by atoms with Crippen LogP contribution in [-0.2, 0) is 0 Å². The van der Waals surface area contributed by atoms with E-state index in [1.807, 2.05) is 6.07 Å². The molecule has 0 fully saturated rings. The van der Waals surface area contributed by atoms with E-state index in [1.165, 1.54) is 10.9 Å². The molecule has 0 unspecified atom stereocenters. The lowest BCUT2D eigenvalue weighted by atomic mass is 10.2. The molecular formula is C16H9Cl2F2N7OS. The second kappa shape index (κ2) is 7.82. The summed E-state index contributed by atoms with van der Waals surface area (Å²) in [5.74, 6) is -0.307. The highest BCUT2D eigenvalue weighted by Crippen LogP contribution is 2.37. The largest absolute Gasteiger partial charge is 0.363 e. The minimum absolute atomic E-state index is 0.180. The second-order valence-corrected chi connectivity index (χ2v) is 7.01. The van der Waals surface area contributed by atoms with E-state index >= 15 is 0 Å². The van der Waals surface area contributed by atoms with E-state index in [4.69, 9.17) is 28.7 Å². The van der Waals surface area contributed by atoms with Crippen molar-refractivity contribution in [2.24, 2.45) is 0 Å². The number of H-pyrrole nitrogens is 1. The Morgan fingerprint density at radius 1 is 1.34 bits per heavy atom. The number of rotatable bonds is 6. The van der Waals surface area contributed by atoms with Gasteiger partial charge in [-0.05, 0) is 24.1 Å². The number of alkyl halides is 2. The van der Waals surface area contributed by atoms with Crippen LogP contribution in [0.1, 0.15) is 12.2 Å². The van der Waals surface area contributed by atoms with Gasteiger partial charge in [0.2, 0.25) is 0 Å². The molecule has 3 aromatic heterocycles. The first kappa shape index (κ1) is 19.4. The Kier molecular flexibility index (Phi) is 5.23. The average Bonchev–Trinajstić information content (AvgIpc) is 3.43. The van der Waals surface area contributed by atoms with Crippen molar-refractivity contribution in [3.8, 4) is 17.6 Å². The Hall–Kier alpha value is -2.94. The van der Waals surface area contributed by atoms with Crippen LogP contribution in [-0.4, -0.2) is 24.5 Å². The van der Waals surface area contributed by atoms with Gasteiger partial charge in [-0.15, -0.1) is 0 Å². The molecule has 0 bridgehead atoms. The fraction of sp³-hybridized carbons (Fsp3) is 0.0625. The molecule has 0 amide bonds. The Bertz CT molecular complexity index is 1230. The van der Waals surface area contributed by atoms with Gasteiger partial charge in [-0.1, -0.05) is 17.7 Å². The number of nitriles is 1. The highest BCUT2D eigenvalue weighted by atomic mass is 35.5. The van der Waals surface area contributed by atoms with Crippen molar-refractivity contribution >= 4 is 52.0 Å². The third-order valence-corrected chi connectivity index (χ3v) is 5.28. The molecule has 0 radical (unpaired) electrons. The van der Waals surface area contributed by atoms with Crippen LogP contribution in [0, 0.1) is 11.3 Å². The van der Waals surface area contributed by atoms with E-state index in [1.54, 1.807) is 30.6 Å². The molecule has 3 heterocycles. The van der Waals surface area contributed by atoms with Crippen LogP contribution in [0.25, 0.3) is 16.6 Å². The summed E-state index contributed by atoms with van der Waals surface area (Å²) in [6.07, 6.45) is 4.53. The maximum absolute atomic E-state index is 12.9. The Morgan fingerprint density at radius 3 is 2.86 bits per heavy atom. The SMILES string of the molecule is N#Cc1ccn(-c2c(Cl)ccc3c(SNc4cnn(C(F)F)c4OCl)c[nH]c23)n1. The van der Waals surface area contributed by atoms with Gasteiger partial charge in [0.25, 0.3) is 5.88 Å². The second-order valence-electron chi connectivity index (χ2n) is 5.60. The summed E-state index contributed by atoms with van der Waals surface area (Å²) in [4.78, 5) is 3.87. The lowest BCUT2D eigenvalue weighted by Gasteiger charge is -2.08. The van der Waals surface area contributed by atoms with E-state index < -0.39 is 6.55 Å². The summed E-state index contributed by atoms with van der Waals surface area (Å²) in [6, 6.07) is 7.04. The first-order valence-electron chi connectivity index (χ1n) is 7.86. The summed E-state index contributed by atoms with van der Waals surface area (Å²) in [5.41, 5.74) is 1.70. The zero-order chi connectivity index (χ0) is 20.5. The molecule has 0 aliphatic rings. The molecule has 2 N–H and O–H groups in total. The monoisotopic (exact) mass is 455 g/mol. The summed E-state index contributed by atoms with van der Waals surface area (Å²) >= 11 is 12.8. The fourth-order valence-electron chi connectivity index (χ4n) is 2.70. The lowest BCUT2D eigenvalue weighted by molar-refractivity contribution is 0.0515. The number of aromatic nitrogens is 5. The van der Waals surface area contributed by atoms with E-state index in [0.29, 0.717) is 20.9 Å². The fourth-order valence-corrected chi connectivity index (χ4v) is 3.85. The molecule has 1 aromatic carbocycles.